The van der Waals surface area contributed by atoms with Crippen LogP contribution in [0.5, 0.6) is 0 Å². The van der Waals surface area contributed by atoms with E-state index in [9.17, 15) is 13.2 Å². The van der Waals surface area contributed by atoms with E-state index in [1.165, 1.54) is 16.6 Å². The molecule has 104 valence electrons. The molecule has 0 amide bonds. The van der Waals surface area contributed by atoms with Gasteiger partial charge in [-0.25, -0.2) is 13.4 Å². The monoisotopic (exact) mass is 284 g/mol. The van der Waals surface area contributed by atoms with E-state index < -0.39 is 21.9 Å². The summed E-state index contributed by atoms with van der Waals surface area (Å²) < 4.78 is 26.1. The van der Waals surface area contributed by atoms with Gasteiger partial charge in [0.25, 0.3) is 10.0 Å². The Labute approximate surface area is 112 Å². The van der Waals surface area contributed by atoms with E-state index >= 15 is 0 Å². The van der Waals surface area contributed by atoms with Crippen molar-refractivity contribution >= 4 is 16.0 Å². The number of piperidine rings is 1. The summed E-state index contributed by atoms with van der Waals surface area (Å²) in [5.41, 5.74) is 0. The summed E-state index contributed by atoms with van der Waals surface area (Å²) in [5, 5.41) is 9.01. The highest BCUT2D eigenvalue weighted by Gasteiger charge is 2.37. The van der Waals surface area contributed by atoms with Gasteiger partial charge in [-0.1, -0.05) is 6.07 Å². The van der Waals surface area contributed by atoms with E-state index in [0.29, 0.717) is 12.8 Å². The first-order valence-corrected chi connectivity index (χ1v) is 7.52. The molecule has 1 saturated heterocycles. The van der Waals surface area contributed by atoms with Gasteiger partial charge in [0, 0.05) is 18.8 Å². The molecule has 0 radical (unpaired) electrons. The zero-order valence-electron chi connectivity index (χ0n) is 10.6. The number of sulfonamides is 1. The number of aliphatic carboxylic acids is 1. The summed E-state index contributed by atoms with van der Waals surface area (Å²) in [6.45, 7) is 1.80. The summed E-state index contributed by atoms with van der Waals surface area (Å²) in [7, 11) is -3.72. The lowest BCUT2D eigenvalue weighted by Gasteiger charge is -2.34. The molecule has 2 rings (SSSR count). The molecule has 2 heterocycles. The van der Waals surface area contributed by atoms with Crippen molar-refractivity contribution in [2.45, 2.75) is 30.8 Å². The second-order valence-corrected chi connectivity index (χ2v) is 6.54. The van der Waals surface area contributed by atoms with Gasteiger partial charge in [-0.05, 0) is 31.9 Å². The molecule has 19 heavy (non-hydrogen) atoms. The molecule has 2 atom stereocenters. The summed E-state index contributed by atoms with van der Waals surface area (Å²) in [6.07, 6.45) is 2.46. The van der Waals surface area contributed by atoms with Crippen molar-refractivity contribution in [2.24, 2.45) is 5.92 Å². The van der Waals surface area contributed by atoms with Gasteiger partial charge in [-0.3, -0.25) is 4.79 Å². The van der Waals surface area contributed by atoms with E-state index in [4.69, 9.17) is 5.11 Å². The van der Waals surface area contributed by atoms with Crippen molar-refractivity contribution in [2.75, 3.05) is 6.54 Å². The molecular weight excluding hydrogens is 268 g/mol. The summed E-state index contributed by atoms with van der Waals surface area (Å²) in [6, 6.07) is 4.46. The Morgan fingerprint density at radius 1 is 1.42 bits per heavy atom. The van der Waals surface area contributed by atoms with E-state index in [1.54, 1.807) is 19.1 Å². The van der Waals surface area contributed by atoms with Gasteiger partial charge in [0.05, 0.1) is 5.92 Å². The first kappa shape index (κ1) is 14.0. The standard InChI is InChI=1S/C12H16N2O4S/c1-9-5-6-10(12(15)16)8-14(9)19(17,18)11-4-2-3-7-13-11/h2-4,7,9-10H,5-6,8H2,1H3,(H,15,16). The maximum absolute atomic E-state index is 12.4. The maximum Gasteiger partial charge on any atom is 0.307 e. The number of carbonyl (C=O) groups is 1. The lowest BCUT2D eigenvalue weighted by molar-refractivity contribution is -0.143. The molecule has 1 aliphatic rings. The summed E-state index contributed by atoms with van der Waals surface area (Å²) >= 11 is 0. The average Bonchev–Trinajstić information content (AvgIpc) is 2.39. The van der Waals surface area contributed by atoms with Crippen molar-refractivity contribution in [3.63, 3.8) is 0 Å². The van der Waals surface area contributed by atoms with Gasteiger partial charge in [0.1, 0.15) is 0 Å². The Bertz CT molecular complexity index is 558. The smallest absolute Gasteiger partial charge is 0.307 e. The Kier molecular flexibility index (Phi) is 3.86. The molecule has 1 N–H and O–H groups in total. The fourth-order valence-corrected chi connectivity index (χ4v) is 3.87. The van der Waals surface area contributed by atoms with Crippen LogP contribution in [0, 0.1) is 5.92 Å². The fraction of sp³-hybridized carbons (Fsp3) is 0.500. The Hall–Kier alpha value is -1.47. The molecular formula is C12H16N2O4S. The second-order valence-electron chi connectivity index (χ2n) is 4.70. The van der Waals surface area contributed by atoms with E-state index in [2.05, 4.69) is 4.98 Å². The molecule has 0 saturated carbocycles. The van der Waals surface area contributed by atoms with Crippen molar-refractivity contribution < 1.29 is 18.3 Å². The highest BCUT2D eigenvalue weighted by atomic mass is 32.2. The molecule has 6 nitrogen and oxygen atoms in total. The maximum atomic E-state index is 12.4. The van der Waals surface area contributed by atoms with E-state index in [-0.39, 0.29) is 17.6 Å². The third-order valence-electron chi connectivity index (χ3n) is 3.38. The quantitative estimate of drug-likeness (QED) is 0.893. The average molecular weight is 284 g/mol. The third-order valence-corrected chi connectivity index (χ3v) is 5.28. The first-order valence-electron chi connectivity index (χ1n) is 6.08. The van der Waals surface area contributed by atoms with Crippen LogP contribution in [0.15, 0.2) is 29.4 Å². The van der Waals surface area contributed by atoms with Crippen LogP contribution in [0.3, 0.4) is 0 Å². The highest BCUT2D eigenvalue weighted by molar-refractivity contribution is 7.89. The molecule has 0 aromatic carbocycles. The first-order chi connectivity index (χ1) is 8.93. The third kappa shape index (κ3) is 2.76. The number of hydrogen-bond donors (Lipinski definition) is 1. The van der Waals surface area contributed by atoms with Crippen molar-refractivity contribution in [3.8, 4) is 0 Å². The summed E-state index contributed by atoms with van der Waals surface area (Å²) in [4.78, 5) is 14.9. The Balaban J connectivity index is 2.31. The molecule has 0 spiro atoms. The van der Waals surface area contributed by atoms with Gasteiger partial charge in [-0.2, -0.15) is 4.31 Å². The van der Waals surface area contributed by atoms with Crippen LogP contribution in [0.25, 0.3) is 0 Å². The largest absolute Gasteiger partial charge is 0.481 e. The molecule has 1 aliphatic heterocycles. The SMILES string of the molecule is CC1CCC(C(=O)O)CN1S(=O)(=O)c1ccccn1. The molecule has 1 fully saturated rings. The van der Waals surface area contributed by atoms with Crippen LogP contribution in [0.2, 0.25) is 0 Å². The number of nitrogens with zero attached hydrogens (tertiary/aromatic N) is 2. The molecule has 0 aliphatic carbocycles. The van der Waals surface area contributed by atoms with Crippen molar-refractivity contribution in [3.05, 3.63) is 24.4 Å². The topological polar surface area (TPSA) is 87.6 Å². The van der Waals surface area contributed by atoms with Crippen LogP contribution >= 0.6 is 0 Å². The van der Waals surface area contributed by atoms with Crippen LogP contribution in [-0.4, -0.2) is 41.4 Å². The van der Waals surface area contributed by atoms with Gasteiger partial charge in [0.15, 0.2) is 5.03 Å². The lowest BCUT2D eigenvalue weighted by Crippen LogP contribution is -2.47. The molecule has 7 heteroatoms. The zero-order chi connectivity index (χ0) is 14.0. The fourth-order valence-electron chi connectivity index (χ4n) is 2.23. The minimum Gasteiger partial charge on any atom is -0.481 e. The van der Waals surface area contributed by atoms with Crippen LogP contribution in [-0.2, 0) is 14.8 Å². The van der Waals surface area contributed by atoms with Gasteiger partial charge in [0.2, 0.25) is 0 Å². The number of rotatable bonds is 3. The number of carboxylic acids is 1. The number of carboxylic acid groups (broad SMARTS) is 1. The zero-order valence-corrected chi connectivity index (χ0v) is 11.4. The normalized spacial score (nSPS) is 25.1. The van der Waals surface area contributed by atoms with Gasteiger partial charge in [-0.15, -0.1) is 0 Å². The van der Waals surface area contributed by atoms with E-state index in [0.717, 1.165) is 0 Å². The highest BCUT2D eigenvalue weighted by Crippen LogP contribution is 2.27. The summed E-state index contributed by atoms with van der Waals surface area (Å²) in [5.74, 6) is -1.59. The van der Waals surface area contributed by atoms with Crippen LogP contribution in [0.4, 0.5) is 0 Å². The Morgan fingerprint density at radius 3 is 2.74 bits per heavy atom. The van der Waals surface area contributed by atoms with Gasteiger partial charge >= 0.3 is 5.97 Å². The predicted molar refractivity (Wildman–Crippen MR) is 68.0 cm³/mol. The van der Waals surface area contributed by atoms with Crippen molar-refractivity contribution in [1.29, 1.82) is 0 Å². The number of aromatic nitrogens is 1. The lowest BCUT2D eigenvalue weighted by atomic mass is 9.96. The van der Waals surface area contributed by atoms with E-state index in [1.807, 2.05) is 0 Å². The minimum absolute atomic E-state index is 0.00933. The number of pyridine rings is 1. The van der Waals surface area contributed by atoms with Gasteiger partial charge < -0.3 is 5.11 Å². The van der Waals surface area contributed by atoms with Crippen molar-refractivity contribution in [1.82, 2.24) is 9.29 Å². The second kappa shape index (κ2) is 5.26. The van der Waals surface area contributed by atoms with Crippen LogP contribution < -0.4 is 0 Å². The predicted octanol–water partition coefficient (Wildman–Crippen LogP) is 0.955. The molecule has 2 unspecified atom stereocenters. The Morgan fingerprint density at radius 2 is 2.16 bits per heavy atom. The number of hydrogen-bond acceptors (Lipinski definition) is 4. The minimum atomic E-state index is -3.72. The molecule has 0 bridgehead atoms. The van der Waals surface area contributed by atoms with Crippen LogP contribution in [0.1, 0.15) is 19.8 Å². The molecule has 1 aromatic heterocycles. The molecule has 1 aromatic rings.